The van der Waals surface area contributed by atoms with Crippen molar-refractivity contribution in [3.8, 4) is 11.3 Å². The monoisotopic (exact) mass is 408 g/mol. The summed E-state index contributed by atoms with van der Waals surface area (Å²) in [5, 5.41) is 2.94. The molecule has 1 saturated heterocycles. The van der Waals surface area contributed by atoms with Crippen molar-refractivity contribution in [2.45, 2.75) is 19.4 Å². The smallest absolute Gasteiger partial charge is 0.223 e. The van der Waals surface area contributed by atoms with Crippen LogP contribution in [0.15, 0.2) is 60.9 Å². The van der Waals surface area contributed by atoms with Gasteiger partial charge in [-0.25, -0.2) is 18.7 Å². The Labute approximate surface area is 173 Å². The van der Waals surface area contributed by atoms with Gasteiger partial charge in [-0.1, -0.05) is 12.1 Å². The zero-order valence-corrected chi connectivity index (χ0v) is 16.4. The van der Waals surface area contributed by atoms with Crippen LogP contribution in [0.5, 0.6) is 0 Å². The van der Waals surface area contributed by atoms with Crippen molar-refractivity contribution in [3.05, 3.63) is 78.1 Å². The highest BCUT2D eigenvalue weighted by Crippen LogP contribution is 2.25. The van der Waals surface area contributed by atoms with Gasteiger partial charge in [0, 0.05) is 37.2 Å². The van der Waals surface area contributed by atoms with E-state index in [1.807, 2.05) is 6.07 Å². The molecule has 4 rings (SSSR count). The van der Waals surface area contributed by atoms with Crippen LogP contribution >= 0.6 is 0 Å². The van der Waals surface area contributed by atoms with Crippen LogP contribution in [0.3, 0.4) is 0 Å². The quantitative estimate of drug-likeness (QED) is 0.695. The minimum Gasteiger partial charge on any atom is -0.356 e. The maximum atomic E-state index is 13.2. The minimum absolute atomic E-state index is 0.0219. The van der Waals surface area contributed by atoms with Crippen LogP contribution in [0, 0.1) is 17.6 Å². The largest absolute Gasteiger partial charge is 0.356 e. The van der Waals surface area contributed by atoms with E-state index in [4.69, 9.17) is 0 Å². The van der Waals surface area contributed by atoms with E-state index < -0.39 is 0 Å². The molecule has 0 bridgehead atoms. The first-order valence-electron chi connectivity index (χ1n) is 9.93. The first-order valence-corrected chi connectivity index (χ1v) is 9.93. The molecule has 1 fully saturated rings. The minimum atomic E-state index is -0.287. The van der Waals surface area contributed by atoms with E-state index in [-0.39, 0.29) is 23.5 Å². The summed E-state index contributed by atoms with van der Waals surface area (Å²) >= 11 is 0. The lowest BCUT2D eigenvalue weighted by atomic mass is 9.95. The summed E-state index contributed by atoms with van der Waals surface area (Å²) < 4.78 is 26.1. The average molecular weight is 408 g/mol. The van der Waals surface area contributed by atoms with E-state index in [1.165, 1.54) is 30.6 Å². The summed E-state index contributed by atoms with van der Waals surface area (Å²) in [5.41, 5.74) is 2.44. The number of benzene rings is 2. The third-order valence-electron chi connectivity index (χ3n) is 5.36. The van der Waals surface area contributed by atoms with Crippen molar-refractivity contribution in [2.24, 2.45) is 5.92 Å². The van der Waals surface area contributed by atoms with E-state index >= 15 is 0 Å². The SMILES string of the molecule is O=C(NCc1ccc(F)cc1)C1CCN(c2cc(-c3ccc(F)cc3)ncn2)CC1. The number of carbonyl (C=O) groups excluding carboxylic acids is 1. The number of carbonyl (C=O) groups is 1. The predicted octanol–water partition coefficient (Wildman–Crippen LogP) is 3.95. The molecule has 7 heteroatoms. The zero-order valence-electron chi connectivity index (χ0n) is 16.4. The number of hydrogen-bond donors (Lipinski definition) is 1. The van der Waals surface area contributed by atoms with E-state index in [0.717, 1.165) is 35.5 Å². The van der Waals surface area contributed by atoms with Gasteiger partial charge in [0.05, 0.1) is 5.69 Å². The summed E-state index contributed by atoms with van der Waals surface area (Å²) in [4.78, 5) is 23.3. The fourth-order valence-electron chi connectivity index (χ4n) is 3.61. The van der Waals surface area contributed by atoms with Crippen LogP contribution in [0.4, 0.5) is 14.6 Å². The van der Waals surface area contributed by atoms with Gasteiger partial charge in [-0.3, -0.25) is 4.79 Å². The molecule has 2 heterocycles. The van der Waals surface area contributed by atoms with Crippen LogP contribution in [0.25, 0.3) is 11.3 Å². The highest BCUT2D eigenvalue weighted by Gasteiger charge is 2.25. The number of halogens is 2. The second-order valence-electron chi connectivity index (χ2n) is 7.37. The van der Waals surface area contributed by atoms with Crippen molar-refractivity contribution in [2.75, 3.05) is 18.0 Å². The summed E-state index contributed by atoms with van der Waals surface area (Å²) in [6.07, 6.45) is 2.96. The Morgan fingerprint density at radius 1 is 0.967 bits per heavy atom. The maximum absolute atomic E-state index is 13.2. The standard InChI is InChI=1S/C23H22F2N4O/c24-19-5-1-16(2-6-19)14-26-23(30)18-9-11-29(12-10-18)22-13-21(27-15-28-22)17-3-7-20(25)8-4-17/h1-8,13,15,18H,9-12,14H2,(H,26,30). The van der Waals surface area contributed by atoms with Crippen LogP contribution in [-0.2, 0) is 11.3 Å². The molecule has 0 atom stereocenters. The third kappa shape index (κ3) is 4.79. The first-order chi connectivity index (χ1) is 14.6. The highest BCUT2D eigenvalue weighted by molar-refractivity contribution is 5.79. The van der Waals surface area contributed by atoms with Crippen molar-refractivity contribution in [1.82, 2.24) is 15.3 Å². The fraction of sp³-hybridized carbons (Fsp3) is 0.261. The van der Waals surface area contributed by atoms with Gasteiger partial charge in [0.1, 0.15) is 23.8 Å². The highest BCUT2D eigenvalue weighted by atomic mass is 19.1. The second kappa shape index (κ2) is 8.98. The van der Waals surface area contributed by atoms with Crippen LogP contribution in [0.1, 0.15) is 18.4 Å². The number of amides is 1. The van der Waals surface area contributed by atoms with Crippen molar-refractivity contribution < 1.29 is 13.6 Å². The summed E-state index contributed by atoms with van der Waals surface area (Å²) in [7, 11) is 0. The molecule has 1 amide bonds. The molecule has 0 aliphatic carbocycles. The molecule has 0 radical (unpaired) electrons. The number of hydrogen-bond acceptors (Lipinski definition) is 4. The molecule has 0 spiro atoms. The van der Waals surface area contributed by atoms with Crippen LogP contribution in [-0.4, -0.2) is 29.0 Å². The molecule has 1 aliphatic rings. The third-order valence-corrected chi connectivity index (χ3v) is 5.36. The number of rotatable bonds is 5. The Hall–Kier alpha value is -3.35. The van der Waals surface area contributed by atoms with E-state index in [0.29, 0.717) is 19.6 Å². The number of piperidine rings is 1. The average Bonchev–Trinajstić information content (AvgIpc) is 2.79. The number of nitrogens with zero attached hydrogens (tertiary/aromatic N) is 3. The molecule has 154 valence electrons. The number of anilines is 1. The first kappa shape index (κ1) is 19.9. The molecule has 1 aliphatic heterocycles. The van der Waals surface area contributed by atoms with Gasteiger partial charge in [0.25, 0.3) is 0 Å². The predicted molar refractivity (Wildman–Crippen MR) is 111 cm³/mol. The Kier molecular flexibility index (Phi) is 5.97. The van der Waals surface area contributed by atoms with Gasteiger partial charge >= 0.3 is 0 Å². The van der Waals surface area contributed by atoms with Gasteiger partial charge in [0.15, 0.2) is 0 Å². The molecule has 3 aromatic rings. The zero-order chi connectivity index (χ0) is 20.9. The van der Waals surface area contributed by atoms with E-state index in [2.05, 4.69) is 20.2 Å². The molecule has 1 N–H and O–H groups in total. The van der Waals surface area contributed by atoms with Gasteiger partial charge in [-0.05, 0) is 54.8 Å². The van der Waals surface area contributed by atoms with Gasteiger partial charge in [-0.2, -0.15) is 0 Å². The van der Waals surface area contributed by atoms with Crippen molar-refractivity contribution in [3.63, 3.8) is 0 Å². The molecule has 0 unspecified atom stereocenters. The Bertz CT molecular complexity index is 1000. The summed E-state index contributed by atoms with van der Waals surface area (Å²) in [5.74, 6) is 0.195. The van der Waals surface area contributed by atoms with Gasteiger partial charge in [0.2, 0.25) is 5.91 Å². The Morgan fingerprint density at radius 2 is 1.60 bits per heavy atom. The Balaban J connectivity index is 1.33. The molecule has 0 saturated carbocycles. The lowest BCUT2D eigenvalue weighted by Crippen LogP contribution is -2.40. The molecular formula is C23H22F2N4O. The summed E-state index contributed by atoms with van der Waals surface area (Å²) in [6.45, 7) is 1.83. The van der Waals surface area contributed by atoms with Crippen molar-refractivity contribution in [1.29, 1.82) is 0 Å². The molecule has 2 aromatic carbocycles. The van der Waals surface area contributed by atoms with Crippen LogP contribution < -0.4 is 10.2 Å². The lowest BCUT2D eigenvalue weighted by molar-refractivity contribution is -0.125. The fourth-order valence-corrected chi connectivity index (χ4v) is 3.61. The topological polar surface area (TPSA) is 58.1 Å². The molecular weight excluding hydrogens is 386 g/mol. The Morgan fingerprint density at radius 3 is 2.27 bits per heavy atom. The summed E-state index contributed by atoms with van der Waals surface area (Å²) in [6, 6.07) is 14.2. The van der Waals surface area contributed by atoms with Gasteiger partial charge < -0.3 is 10.2 Å². The number of aromatic nitrogens is 2. The normalized spacial score (nSPS) is 14.5. The van der Waals surface area contributed by atoms with Crippen molar-refractivity contribution >= 4 is 11.7 Å². The maximum Gasteiger partial charge on any atom is 0.223 e. The molecule has 5 nitrogen and oxygen atoms in total. The van der Waals surface area contributed by atoms with Crippen LogP contribution in [0.2, 0.25) is 0 Å². The van der Waals surface area contributed by atoms with E-state index in [9.17, 15) is 13.6 Å². The lowest BCUT2D eigenvalue weighted by Gasteiger charge is -2.32. The van der Waals surface area contributed by atoms with E-state index in [1.54, 1.807) is 24.3 Å². The molecule has 1 aromatic heterocycles. The second-order valence-corrected chi connectivity index (χ2v) is 7.37. The number of nitrogens with one attached hydrogen (secondary N) is 1. The molecule has 30 heavy (non-hydrogen) atoms. The van der Waals surface area contributed by atoms with Gasteiger partial charge in [-0.15, -0.1) is 0 Å².